The lowest BCUT2D eigenvalue weighted by molar-refractivity contribution is 0.615. The molecule has 0 amide bonds. The fraction of sp³-hybridized carbons (Fsp3) is 0.667. The molecule has 0 bridgehead atoms. The van der Waals surface area contributed by atoms with E-state index < -0.39 is 0 Å². The third-order valence-electron chi connectivity index (χ3n) is 2.47. The summed E-state index contributed by atoms with van der Waals surface area (Å²) >= 11 is 1.72. The van der Waals surface area contributed by atoms with Gasteiger partial charge in [0.1, 0.15) is 0 Å². The van der Waals surface area contributed by atoms with Gasteiger partial charge in [-0.3, -0.25) is 4.98 Å². The fourth-order valence-corrected chi connectivity index (χ4v) is 1.96. The molecule has 12 heavy (non-hydrogen) atoms. The molecule has 0 aliphatic heterocycles. The van der Waals surface area contributed by atoms with Crippen LogP contribution in [0.4, 0.5) is 0 Å². The first-order valence-electron chi connectivity index (χ1n) is 4.44. The number of nitrogens with one attached hydrogen (secondary N) is 1. The second-order valence-electron chi connectivity index (χ2n) is 3.57. The molecule has 1 saturated carbocycles. The van der Waals surface area contributed by atoms with Gasteiger partial charge in [-0.2, -0.15) is 0 Å². The van der Waals surface area contributed by atoms with Crippen LogP contribution in [-0.4, -0.2) is 11.5 Å². The van der Waals surface area contributed by atoms with Gasteiger partial charge in [-0.15, -0.1) is 11.3 Å². The second-order valence-corrected chi connectivity index (χ2v) is 4.54. The monoisotopic (exact) mass is 182 g/mol. The summed E-state index contributed by atoms with van der Waals surface area (Å²) in [5.74, 6) is 1.90. The largest absolute Gasteiger partial charge is 0.312 e. The van der Waals surface area contributed by atoms with Crippen molar-refractivity contribution >= 4 is 11.3 Å². The molecule has 0 radical (unpaired) electrons. The van der Waals surface area contributed by atoms with Gasteiger partial charge in [0.2, 0.25) is 0 Å². The van der Waals surface area contributed by atoms with E-state index in [0.29, 0.717) is 0 Å². The molecule has 1 aliphatic rings. The first kappa shape index (κ1) is 8.20. The van der Waals surface area contributed by atoms with Crippen LogP contribution in [0.1, 0.15) is 18.2 Å². The summed E-state index contributed by atoms with van der Waals surface area (Å²) in [4.78, 5) is 5.37. The molecule has 0 aromatic carbocycles. The van der Waals surface area contributed by atoms with Gasteiger partial charge in [0.25, 0.3) is 0 Å². The molecule has 2 unspecified atom stereocenters. The van der Waals surface area contributed by atoms with Crippen molar-refractivity contribution in [2.75, 3.05) is 6.54 Å². The van der Waals surface area contributed by atoms with Crippen LogP contribution in [0.25, 0.3) is 0 Å². The summed E-state index contributed by atoms with van der Waals surface area (Å²) in [5, 5.41) is 3.45. The minimum Gasteiger partial charge on any atom is -0.312 e. The molecular weight excluding hydrogens is 168 g/mol. The quantitative estimate of drug-likeness (QED) is 0.769. The second kappa shape index (κ2) is 3.54. The van der Waals surface area contributed by atoms with Gasteiger partial charge in [-0.05, 0) is 24.8 Å². The Hall–Kier alpha value is -0.410. The van der Waals surface area contributed by atoms with Gasteiger partial charge in [0, 0.05) is 17.6 Å². The lowest BCUT2D eigenvalue weighted by Gasteiger charge is -1.99. The topological polar surface area (TPSA) is 24.9 Å². The molecule has 0 saturated heterocycles. The molecule has 1 N–H and O–H groups in total. The van der Waals surface area contributed by atoms with Crippen LogP contribution in [0.2, 0.25) is 0 Å². The van der Waals surface area contributed by atoms with Crippen LogP contribution in [-0.2, 0) is 6.54 Å². The van der Waals surface area contributed by atoms with E-state index in [9.17, 15) is 0 Å². The van der Waals surface area contributed by atoms with Crippen molar-refractivity contribution in [1.29, 1.82) is 0 Å². The maximum atomic E-state index is 4.03. The zero-order valence-corrected chi connectivity index (χ0v) is 8.10. The summed E-state index contributed by atoms with van der Waals surface area (Å²) in [6.45, 7) is 4.49. The SMILES string of the molecule is CC1CC1CNCc1cncs1. The van der Waals surface area contributed by atoms with E-state index in [1.54, 1.807) is 11.3 Å². The molecule has 2 rings (SSSR count). The maximum Gasteiger partial charge on any atom is 0.0794 e. The lowest BCUT2D eigenvalue weighted by atomic mass is 10.3. The van der Waals surface area contributed by atoms with Crippen molar-refractivity contribution < 1.29 is 0 Å². The first-order chi connectivity index (χ1) is 5.86. The van der Waals surface area contributed by atoms with Gasteiger partial charge in [-0.1, -0.05) is 6.92 Å². The van der Waals surface area contributed by atoms with E-state index in [1.807, 2.05) is 11.7 Å². The van der Waals surface area contributed by atoms with Crippen molar-refractivity contribution in [3.63, 3.8) is 0 Å². The molecule has 1 aromatic heterocycles. The van der Waals surface area contributed by atoms with Gasteiger partial charge >= 0.3 is 0 Å². The Morgan fingerprint density at radius 2 is 2.58 bits per heavy atom. The number of hydrogen-bond donors (Lipinski definition) is 1. The van der Waals surface area contributed by atoms with E-state index >= 15 is 0 Å². The van der Waals surface area contributed by atoms with Crippen molar-refractivity contribution in [3.05, 3.63) is 16.6 Å². The highest BCUT2D eigenvalue weighted by Crippen LogP contribution is 2.36. The molecule has 0 spiro atoms. The van der Waals surface area contributed by atoms with Crippen LogP contribution >= 0.6 is 11.3 Å². The summed E-state index contributed by atoms with van der Waals surface area (Å²) in [7, 11) is 0. The van der Waals surface area contributed by atoms with E-state index in [0.717, 1.165) is 18.4 Å². The number of thiazole rings is 1. The molecule has 1 heterocycles. The van der Waals surface area contributed by atoms with Gasteiger partial charge < -0.3 is 5.32 Å². The average Bonchev–Trinajstić information content (AvgIpc) is 2.58. The number of aromatic nitrogens is 1. The van der Waals surface area contributed by atoms with Crippen LogP contribution in [0.3, 0.4) is 0 Å². The summed E-state index contributed by atoms with van der Waals surface area (Å²) < 4.78 is 0. The van der Waals surface area contributed by atoms with E-state index in [1.165, 1.54) is 17.8 Å². The van der Waals surface area contributed by atoms with Crippen molar-refractivity contribution in [3.8, 4) is 0 Å². The van der Waals surface area contributed by atoms with E-state index in [2.05, 4.69) is 17.2 Å². The average molecular weight is 182 g/mol. The predicted molar refractivity (Wildman–Crippen MR) is 51.1 cm³/mol. The zero-order chi connectivity index (χ0) is 8.39. The fourth-order valence-electron chi connectivity index (χ4n) is 1.39. The van der Waals surface area contributed by atoms with Crippen molar-refractivity contribution in [2.24, 2.45) is 11.8 Å². The van der Waals surface area contributed by atoms with Gasteiger partial charge in [0.05, 0.1) is 5.51 Å². The molecule has 2 atom stereocenters. The highest BCUT2D eigenvalue weighted by atomic mass is 32.1. The number of rotatable bonds is 4. The Kier molecular flexibility index (Phi) is 2.42. The normalized spacial score (nSPS) is 27.4. The van der Waals surface area contributed by atoms with Crippen LogP contribution in [0.15, 0.2) is 11.7 Å². The van der Waals surface area contributed by atoms with Crippen LogP contribution in [0, 0.1) is 11.8 Å². The van der Waals surface area contributed by atoms with Crippen molar-refractivity contribution in [2.45, 2.75) is 19.9 Å². The summed E-state index contributed by atoms with van der Waals surface area (Å²) in [6, 6.07) is 0. The van der Waals surface area contributed by atoms with E-state index in [-0.39, 0.29) is 0 Å². The van der Waals surface area contributed by atoms with Gasteiger partial charge in [0.15, 0.2) is 0 Å². The van der Waals surface area contributed by atoms with Crippen LogP contribution < -0.4 is 5.32 Å². The Bertz CT molecular complexity index is 233. The lowest BCUT2D eigenvalue weighted by Crippen LogP contribution is -2.15. The summed E-state index contributed by atoms with van der Waals surface area (Å²) in [6.07, 6.45) is 3.35. The smallest absolute Gasteiger partial charge is 0.0794 e. The van der Waals surface area contributed by atoms with Crippen molar-refractivity contribution in [1.82, 2.24) is 10.3 Å². The number of hydrogen-bond acceptors (Lipinski definition) is 3. The predicted octanol–water partition coefficient (Wildman–Crippen LogP) is 1.89. The first-order valence-corrected chi connectivity index (χ1v) is 5.32. The standard InChI is InChI=1S/C9H14N2S/c1-7-2-8(7)3-10-4-9-5-11-6-12-9/h5-8,10H,2-4H2,1H3. The Morgan fingerprint density at radius 3 is 3.17 bits per heavy atom. The highest BCUT2D eigenvalue weighted by Gasteiger charge is 2.31. The Labute approximate surface area is 77.0 Å². The van der Waals surface area contributed by atoms with Crippen LogP contribution in [0.5, 0.6) is 0 Å². The summed E-state index contributed by atoms with van der Waals surface area (Å²) in [5.41, 5.74) is 1.89. The molecule has 1 fully saturated rings. The molecule has 2 nitrogen and oxygen atoms in total. The van der Waals surface area contributed by atoms with E-state index in [4.69, 9.17) is 0 Å². The Morgan fingerprint density at radius 1 is 1.75 bits per heavy atom. The third kappa shape index (κ3) is 2.05. The zero-order valence-electron chi connectivity index (χ0n) is 7.29. The molecule has 3 heteroatoms. The minimum atomic E-state index is 0.943. The molecular formula is C9H14N2S. The molecule has 1 aliphatic carbocycles. The third-order valence-corrected chi connectivity index (χ3v) is 3.24. The molecule has 1 aromatic rings. The Balaban J connectivity index is 1.63. The minimum absolute atomic E-state index is 0.943. The molecule has 66 valence electrons. The number of nitrogens with zero attached hydrogens (tertiary/aromatic N) is 1. The maximum absolute atomic E-state index is 4.03. The van der Waals surface area contributed by atoms with Gasteiger partial charge in [-0.25, -0.2) is 0 Å². The highest BCUT2D eigenvalue weighted by molar-refractivity contribution is 7.09.